The quantitative estimate of drug-likeness (QED) is 0.712. The lowest BCUT2D eigenvalue weighted by molar-refractivity contribution is -0.135. The number of nitrogens with one attached hydrogen (secondary N) is 1. The third kappa shape index (κ3) is 4.35. The Hall–Kier alpha value is -2.28. The monoisotopic (exact) mass is 320 g/mol. The van der Waals surface area contributed by atoms with Gasteiger partial charge < -0.3 is 26.0 Å². The van der Waals surface area contributed by atoms with Gasteiger partial charge in [-0.2, -0.15) is 0 Å². The van der Waals surface area contributed by atoms with Crippen LogP contribution in [0.2, 0.25) is 0 Å². The Bertz CT molecular complexity index is 553. The van der Waals surface area contributed by atoms with Crippen molar-refractivity contribution in [3.63, 3.8) is 0 Å². The van der Waals surface area contributed by atoms with Gasteiger partial charge in [0.15, 0.2) is 0 Å². The van der Waals surface area contributed by atoms with E-state index < -0.39 is 12.1 Å². The zero-order valence-corrected chi connectivity index (χ0v) is 13.5. The van der Waals surface area contributed by atoms with Gasteiger partial charge in [-0.3, -0.25) is 4.79 Å². The Morgan fingerprint density at radius 1 is 1.17 bits per heavy atom. The number of likely N-dealkylation sites (N-methyl/N-ethyl adjacent to an activating group) is 1. The van der Waals surface area contributed by atoms with E-state index in [4.69, 9.17) is 10.8 Å². The molecule has 1 aromatic carbocycles. The maximum Gasteiger partial charge on any atom is 0.405 e. The average Bonchev–Trinajstić information content (AvgIpc) is 2.52. The molecule has 1 heterocycles. The summed E-state index contributed by atoms with van der Waals surface area (Å²) in [6.45, 7) is 4.66. The zero-order valence-electron chi connectivity index (χ0n) is 13.5. The van der Waals surface area contributed by atoms with E-state index in [1.807, 2.05) is 26.1 Å². The van der Waals surface area contributed by atoms with Gasteiger partial charge in [0, 0.05) is 37.8 Å². The van der Waals surface area contributed by atoms with E-state index in [-0.39, 0.29) is 11.8 Å². The molecule has 1 saturated heterocycles. The molecule has 2 atom stereocenters. The Kier molecular flexibility index (Phi) is 5.44. The number of nitrogens with zero attached hydrogens (tertiary/aromatic N) is 2. The molecule has 7 heteroatoms. The van der Waals surface area contributed by atoms with Gasteiger partial charge in [-0.25, -0.2) is 4.79 Å². The van der Waals surface area contributed by atoms with Gasteiger partial charge in [0.25, 0.3) is 0 Å². The van der Waals surface area contributed by atoms with E-state index in [0.717, 1.165) is 18.7 Å². The fourth-order valence-electron chi connectivity index (χ4n) is 2.75. The van der Waals surface area contributed by atoms with Gasteiger partial charge in [-0.05, 0) is 24.7 Å². The number of hydrogen-bond acceptors (Lipinski definition) is 4. The van der Waals surface area contributed by atoms with Crippen LogP contribution in [0.25, 0.3) is 0 Å². The number of carbonyl (C=O) groups excluding carboxylic acids is 1. The highest BCUT2D eigenvalue weighted by atomic mass is 16.4. The van der Waals surface area contributed by atoms with Crippen LogP contribution in [-0.4, -0.2) is 66.2 Å². The summed E-state index contributed by atoms with van der Waals surface area (Å²) in [6, 6.07) is 6.36. The van der Waals surface area contributed by atoms with E-state index >= 15 is 0 Å². The van der Waals surface area contributed by atoms with Gasteiger partial charge >= 0.3 is 6.09 Å². The first-order chi connectivity index (χ1) is 10.9. The molecule has 2 unspecified atom stereocenters. The second kappa shape index (κ2) is 7.32. The molecule has 2 rings (SSSR count). The van der Waals surface area contributed by atoms with Crippen molar-refractivity contribution in [2.24, 2.45) is 0 Å². The maximum atomic E-state index is 12.8. The van der Waals surface area contributed by atoms with Gasteiger partial charge in [0.1, 0.15) is 6.04 Å². The van der Waals surface area contributed by atoms with Crippen LogP contribution in [-0.2, 0) is 4.79 Å². The number of benzene rings is 1. The second-order valence-electron chi connectivity index (χ2n) is 6.01. The van der Waals surface area contributed by atoms with Gasteiger partial charge in [0.05, 0.1) is 0 Å². The van der Waals surface area contributed by atoms with Gasteiger partial charge in [-0.1, -0.05) is 19.1 Å². The molecular weight excluding hydrogens is 296 g/mol. The molecule has 4 N–H and O–H groups in total. The fraction of sp³-hybridized carbons (Fsp3) is 0.500. The van der Waals surface area contributed by atoms with Crippen LogP contribution in [0.4, 0.5) is 10.5 Å². The maximum absolute atomic E-state index is 12.8. The number of nitrogens with two attached hydrogens (primary N) is 1. The SMILES string of the molecule is CC(c1ccc(N)cc1)C(NC(=O)O)C(=O)N1CCN(C)CC1. The highest BCUT2D eigenvalue weighted by Gasteiger charge is 2.32. The summed E-state index contributed by atoms with van der Waals surface area (Å²) < 4.78 is 0. The van der Waals surface area contributed by atoms with Crippen LogP contribution in [0.5, 0.6) is 0 Å². The summed E-state index contributed by atoms with van der Waals surface area (Å²) in [4.78, 5) is 27.8. The lowest BCUT2D eigenvalue weighted by Gasteiger charge is -2.36. The molecule has 0 saturated carbocycles. The summed E-state index contributed by atoms with van der Waals surface area (Å²) in [6.07, 6.45) is -1.19. The van der Waals surface area contributed by atoms with Gasteiger partial charge in [-0.15, -0.1) is 0 Å². The number of amides is 2. The lowest BCUT2D eigenvalue weighted by atomic mass is 9.92. The number of piperazine rings is 1. The van der Waals surface area contributed by atoms with E-state index in [1.165, 1.54) is 0 Å². The number of nitrogen functional groups attached to an aromatic ring is 1. The minimum Gasteiger partial charge on any atom is -0.465 e. The van der Waals surface area contributed by atoms with Crippen molar-refractivity contribution < 1.29 is 14.7 Å². The number of hydrogen-bond donors (Lipinski definition) is 3. The molecule has 1 aliphatic rings. The Balaban J connectivity index is 2.16. The Morgan fingerprint density at radius 2 is 1.74 bits per heavy atom. The molecule has 1 fully saturated rings. The number of anilines is 1. The molecular formula is C16H24N4O3. The standard InChI is InChI=1S/C16H24N4O3/c1-11(12-3-5-13(17)6-4-12)14(18-16(22)23)15(21)20-9-7-19(2)8-10-20/h3-6,11,14,18H,7-10,17H2,1-2H3,(H,22,23). The number of rotatable bonds is 4. The summed E-state index contributed by atoms with van der Waals surface area (Å²) in [5.41, 5.74) is 7.19. The molecule has 0 aliphatic carbocycles. The molecule has 126 valence electrons. The molecule has 1 aliphatic heterocycles. The van der Waals surface area contributed by atoms with E-state index in [0.29, 0.717) is 18.8 Å². The number of carbonyl (C=O) groups is 2. The minimum atomic E-state index is -1.19. The Morgan fingerprint density at radius 3 is 2.26 bits per heavy atom. The zero-order chi connectivity index (χ0) is 17.0. The molecule has 2 amide bonds. The molecule has 0 spiro atoms. The summed E-state index contributed by atoms with van der Waals surface area (Å²) >= 11 is 0. The highest BCUT2D eigenvalue weighted by Crippen LogP contribution is 2.22. The van der Waals surface area contributed by atoms with Crippen LogP contribution in [0, 0.1) is 0 Å². The van der Waals surface area contributed by atoms with Crippen molar-refractivity contribution in [2.75, 3.05) is 39.0 Å². The number of carboxylic acid groups (broad SMARTS) is 1. The van der Waals surface area contributed by atoms with Crippen LogP contribution in [0.3, 0.4) is 0 Å². The van der Waals surface area contributed by atoms with Crippen molar-refractivity contribution in [1.82, 2.24) is 15.1 Å². The van der Waals surface area contributed by atoms with Crippen molar-refractivity contribution >= 4 is 17.7 Å². The van der Waals surface area contributed by atoms with E-state index in [2.05, 4.69) is 10.2 Å². The van der Waals surface area contributed by atoms with Crippen molar-refractivity contribution in [1.29, 1.82) is 0 Å². The van der Waals surface area contributed by atoms with Crippen molar-refractivity contribution in [2.45, 2.75) is 18.9 Å². The molecule has 0 bridgehead atoms. The summed E-state index contributed by atoms with van der Waals surface area (Å²) in [5, 5.41) is 11.5. The summed E-state index contributed by atoms with van der Waals surface area (Å²) in [5.74, 6) is -0.455. The molecule has 0 radical (unpaired) electrons. The predicted molar refractivity (Wildman–Crippen MR) is 88.3 cm³/mol. The largest absolute Gasteiger partial charge is 0.465 e. The minimum absolute atomic E-state index is 0.176. The van der Waals surface area contributed by atoms with Gasteiger partial charge in [0.2, 0.25) is 5.91 Å². The van der Waals surface area contributed by atoms with Crippen LogP contribution in [0.15, 0.2) is 24.3 Å². The van der Waals surface area contributed by atoms with Crippen LogP contribution < -0.4 is 11.1 Å². The second-order valence-corrected chi connectivity index (χ2v) is 6.01. The van der Waals surface area contributed by atoms with Crippen molar-refractivity contribution in [3.05, 3.63) is 29.8 Å². The molecule has 1 aromatic rings. The lowest BCUT2D eigenvalue weighted by Crippen LogP contribution is -2.55. The molecule has 23 heavy (non-hydrogen) atoms. The molecule has 7 nitrogen and oxygen atoms in total. The van der Waals surface area contributed by atoms with Crippen LogP contribution in [0.1, 0.15) is 18.4 Å². The smallest absolute Gasteiger partial charge is 0.405 e. The summed E-state index contributed by atoms with van der Waals surface area (Å²) in [7, 11) is 2.01. The highest BCUT2D eigenvalue weighted by molar-refractivity contribution is 5.86. The third-order valence-electron chi connectivity index (χ3n) is 4.32. The first-order valence-corrected chi connectivity index (χ1v) is 7.70. The third-order valence-corrected chi connectivity index (χ3v) is 4.32. The normalized spacial score (nSPS) is 18.3. The van der Waals surface area contributed by atoms with E-state index in [9.17, 15) is 9.59 Å². The average molecular weight is 320 g/mol. The first kappa shape index (κ1) is 17.1. The van der Waals surface area contributed by atoms with Crippen molar-refractivity contribution in [3.8, 4) is 0 Å². The first-order valence-electron chi connectivity index (χ1n) is 7.70. The fourth-order valence-corrected chi connectivity index (χ4v) is 2.75. The molecule has 0 aromatic heterocycles. The topological polar surface area (TPSA) is 98.9 Å². The predicted octanol–water partition coefficient (Wildman–Crippen LogP) is 0.783. The Labute approximate surface area is 136 Å². The van der Waals surface area contributed by atoms with Crippen LogP contribution >= 0.6 is 0 Å². The van der Waals surface area contributed by atoms with E-state index in [1.54, 1.807) is 17.0 Å².